The van der Waals surface area contributed by atoms with Crippen molar-refractivity contribution < 1.29 is 9.59 Å². The number of hydrogen-bond acceptors (Lipinski definition) is 3. The van der Waals surface area contributed by atoms with E-state index in [1.54, 1.807) is 0 Å². The summed E-state index contributed by atoms with van der Waals surface area (Å²) in [6, 6.07) is 6.04. The molecule has 0 radical (unpaired) electrons. The Hall–Kier alpha value is -1.59. The van der Waals surface area contributed by atoms with Gasteiger partial charge < -0.3 is 16.0 Å². The number of carbonyl (C=O) groups excluding carboxylic acids is 2. The summed E-state index contributed by atoms with van der Waals surface area (Å²) in [5.74, 6) is 0.173. The molecule has 2 rings (SSSR count). The summed E-state index contributed by atoms with van der Waals surface area (Å²) in [6.45, 7) is 1.65. The number of carbonyl (C=O) groups is 2. The van der Waals surface area contributed by atoms with E-state index in [2.05, 4.69) is 22.0 Å². The Morgan fingerprint density at radius 1 is 1.27 bits per heavy atom. The van der Waals surface area contributed by atoms with Crippen molar-refractivity contribution in [1.82, 2.24) is 10.6 Å². The van der Waals surface area contributed by atoms with E-state index in [9.17, 15) is 9.59 Å². The first-order chi connectivity index (χ1) is 10.2. The summed E-state index contributed by atoms with van der Waals surface area (Å²) in [4.78, 5) is 22.9. The molecule has 22 heavy (non-hydrogen) atoms. The van der Waals surface area contributed by atoms with Crippen molar-refractivity contribution in [2.45, 2.75) is 32.1 Å². The number of nitrogens with one attached hydrogen (secondary N) is 3. The Labute approximate surface area is 137 Å². The maximum Gasteiger partial charge on any atom is 0.228 e. The second-order valence-corrected chi connectivity index (χ2v) is 5.38. The van der Waals surface area contributed by atoms with Gasteiger partial charge >= 0.3 is 0 Å². The molecule has 1 aliphatic heterocycles. The summed E-state index contributed by atoms with van der Waals surface area (Å²) in [7, 11) is 1.90. The molecule has 1 aromatic carbocycles. The molecule has 0 bridgehead atoms. The monoisotopic (exact) mass is 325 g/mol. The van der Waals surface area contributed by atoms with E-state index in [-0.39, 0.29) is 24.2 Å². The maximum absolute atomic E-state index is 11.6. The SMILES string of the molecule is CNCCCNC(=O)CCCc1ccc2c(c1)CC(=O)N2.Cl. The van der Waals surface area contributed by atoms with Crippen LogP contribution in [-0.2, 0) is 22.4 Å². The number of anilines is 1. The van der Waals surface area contributed by atoms with Crippen LogP contribution in [0, 0.1) is 0 Å². The van der Waals surface area contributed by atoms with Crippen LogP contribution in [0.4, 0.5) is 5.69 Å². The minimum absolute atomic E-state index is 0. The fourth-order valence-corrected chi connectivity index (χ4v) is 2.47. The highest BCUT2D eigenvalue weighted by molar-refractivity contribution is 5.99. The Bertz CT molecular complexity index is 520. The predicted molar refractivity (Wildman–Crippen MR) is 90.5 cm³/mol. The van der Waals surface area contributed by atoms with Gasteiger partial charge in [0.05, 0.1) is 6.42 Å². The van der Waals surface area contributed by atoms with Gasteiger partial charge in [0.1, 0.15) is 0 Å². The molecule has 0 unspecified atom stereocenters. The van der Waals surface area contributed by atoms with Gasteiger partial charge in [0.25, 0.3) is 0 Å². The van der Waals surface area contributed by atoms with Gasteiger partial charge in [0.2, 0.25) is 11.8 Å². The lowest BCUT2D eigenvalue weighted by Crippen LogP contribution is -2.26. The van der Waals surface area contributed by atoms with Crippen LogP contribution in [0.25, 0.3) is 0 Å². The van der Waals surface area contributed by atoms with Gasteiger partial charge in [0, 0.05) is 18.7 Å². The van der Waals surface area contributed by atoms with Crippen LogP contribution in [0.2, 0.25) is 0 Å². The van der Waals surface area contributed by atoms with E-state index >= 15 is 0 Å². The molecule has 0 aliphatic carbocycles. The van der Waals surface area contributed by atoms with Crippen LogP contribution in [0.1, 0.15) is 30.4 Å². The third kappa shape index (κ3) is 5.66. The first-order valence-electron chi connectivity index (χ1n) is 7.52. The lowest BCUT2D eigenvalue weighted by Gasteiger charge is -2.06. The van der Waals surface area contributed by atoms with E-state index in [4.69, 9.17) is 0 Å². The smallest absolute Gasteiger partial charge is 0.228 e. The zero-order valence-electron chi connectivity index (χ0n) is 12.9. The Morgan fingerprint density at radius 2 is 2.09 bits per heavy atom. The lowest BCUT2D eigenvalue weighted by atomic mass is 10.0. The summed E-state index contributed by atoms with van der Waals surface area (Å²) in [5, 5.41) is 8.79. The lowest BCUT2D eigenvalue weighted by molar-refractivity contribution is -0.121. The molecule has 0 aromatic heterocycles. The molecule has 6 heteroatoms. The Morgan fingerprint density at radius 3 is 2.86 bits per heavy atom. The van der Waals surface area contributed by atoms with Gasteiger partial charge in [-0.15, -0.1) is 12.4 Å². The minimum Gasteiger partial charge on any atom is -0.356 e. The zero-order chi connectivity index (χ0) is 15.1. The van der Waals surface area contributed by atoms with Crippen molar-refractivity contribution in [3.8, 4) is 0 Å². The number of aryl methyl sites for hydroxylation is 1. The average molecular weight is 326 g/mol. The van der Waals surface area contributed by atoms with Gasteiger partial charge in [-0.2, -0.15) is 0 Å². The van der Waals surface area contributed by atoms with Gasteiger partial charge in [-0.3, -0.25) is 9.59 Å². The fraction of sp³-hybridized carbons (Fsp3) is 0.500. The minimum atomic E-state index is 0. The zero-order valence-corrected chi connectivity index (χ0v) is 13.7. The topological polar surface area (TPSA) is 70.2 Å². The van der Waals surface area contributed by atoms with Gasteiger partial charge in [0.15, 0.2) is 0 Å². The van der Waals surface area contributed by atoms with Crippen molar-refractivity contribution in [3.05, 3.63) is 29.3 Å². The number of fused-ring (bicyclic) bond motifs is 1. The molecule has 122 valence electrons. The van der Waals surface area contributed by atoms with Crippen LogP contribution in [-0.4, -0.2) is 32.0 Å². The molecule has 2 amide bonds. The third-order valence-corrected chi connectivity index (χ3v) is 3.59. The molecule has 0 saturated heterocycles. The highest BCUT2D eigenvalue weighted by Crippen LogP contribution is 2.24. The molecular formula is C16H24ClN3O2. The largest absolute Gasteiger partial charge is 0.356 e. The summed E-state index contributed by atoms with van der Waals surface area (Å²) in [5.41, 5.74) is 3.17. The van der Waals surface area contributed by atoms with Crippen LogP contribution in [0.15, 0.2) is 18.2 Å². The molecule has 1 aromatic rings. The molecule has 3 N–H and O–H groups in total. The Balaban J connectivity index is 0.00000242. The fourth-order valence-electron chi connectivity index (χ4n) is 2.47. The molecular weight excluding hydrogens is 302 g/mol. The van der Waals surface area contributed by atoms with Crippen LogP contribution < -0.4 is 16.0 Å². The van der Waals surface area contributed by atoms with E-state index in [0.717, 1.165) is 43.6 Å². The summed E-state index contributed by atoms with van der Waals surface area (Å²) < 4.78 is 0. The highest BCUT2D eigenvalue weighted by Gasteiger charge is 2.17. The first kappa shape index (κ1) is 18.5. The normalized spacial score (nSPS) is 12.3. The van der Waals surface area contributed by atoms with Crippen LogP contribution in [0.3, 0.4) is 0 Å². The molecule has 0 fully saturated rings. The van der Waals surface area contributed by atoms with E-state index < -0.39 is 0 Å². The first-order valence-corrected chi connectivity index (χ1v) is 7.52. The molecule has 0 atom stereocenters. The van der Waals surface area contributed by atoms with Gasteiger partial charge in [-0.25, -0.2) is 0 Å². The summed E-state index contributed by atoms with van der Waals surface area (Å²) >= 11 is 0. The summed E-state index contributed by atoms with van der Waals surface area (Å²) in [6.07, 6.45) is 3.67. The second-order valence-electron chi connectivity index (χ2n) is 5.38. The van der Waals surface area contributed by atoms with E-state index in [1.165, 1.54) is 5.56 Å². The maximum atomic E-state index is 11.6. The second kappa shape index (κ2) is 9.43. The number of hydrogen-bond donors (Lipinski definition) is 3. The number of rotatable bonds is 8. The molecule has 0 saturated carbocycles. The van der Waals surface area contributed by atoms with E-state index in [0.29, 0.717) is 12.8 Å². The van der Waals surface area contributed by atoms with Crippen molar-refractivity contribution in [3.63, 3.8) is 0 Å². The van der Waals surface area contributed by atoms with Gasteiger partial charge in [-0.1, -0.05) is 12.1 Å². The van der Waals surface area contributed by atoms with Crippen molar-refractivity contribution in [2.24, 2.45) is 0 Å². The Kier molecular flexibility index (Phi) is 7.91. The van der Waals surface area contributed by atoms with Crippen molar-refractivity contribution in [2.75, 3.05) is 25.5 Å². The number of halogens is 1. The average Bonchev–Trinajstić information content (AvgIpc) is 2.83. The van der Waals surface area contributed by atoms with Crippen molar-refractivity contribution >= 4 is 29.9 Å². The molecule has 0 spiro atoms. The van der Waals surface area contributed by atoms with E-state index in [1.807, 2.05) is 19.2 Å². The van der Waals surface area contributed by atoms with Crippen molar-refractivity contribution in [1.29, 1.82) is 0 Å². The molecule has 1 aliphatic rings. The number of benzene rings is 1. The number of amides is 2. The quantitative estimate of drug-likeness (QED) is 0.637. The third-order valence-electron chi connectivity index (χ3n) is 3.59. The molecule has 5 nitrogen and oxygen atoms in total. The van der Waals surface area contributed by atoms with Gasteiger partial charge in [-0.05, 0) is 50.0 Å². The highest BCUT2D eigenvalue weighted by atomic mass is 35.5. The molecule has 1 heterocycles. The predicted octanol–water partition coefficient (Wildman–Crippen LogP) is 1.65. The standard InChI is InChI=1S/C16H23N3O2.ClH/c1-17-8-3-9-18-15(20)5-2-4-12-6-7-14-13(10-12)11-16(21)19-14;/h6-7,10,17H,2-5,8-9,11H2,1H3,(H,18,20)(H,19,21);1H. The van der Waals surface area contributed by atoms with Crippen LogP contribution in [0.5, 0.6) is 0 Å². The van der Waals surface area contributed by atoms with Crippen LogP contribution >= 0.6 is 12.4 Å².